The molecule has 2 unspecified atom stereocenters. The highest BCUT2D eigenvalue weighted by atomic mass is 16.3. The lowest BCUT2D eigenvalue weighted by atomic mass is 9.74. The second kappa shape index (κ2) is 10.2. The van der Waals surface area contributed by atoms with Gasteiger partial charge in [-0.3, -0.25) is 0 Å². The fourth-order valence-corrected chi connectivity index (χ4v) is 4.14. The SMILES string of the molecule is C=CCc1cc(C(C)(C)c2cc(CC=C)c(O)c(C(C)CC)c2)cc(C(C)CC)c1O. The van der Waals surface area contributed by atoms with E-state index in [1.165, 1.54) is 11.1 Å². The van der Waals surface area contributed by atoms with Crippen LogP contribution in [0.3, 0.4) is 0 Å². The zero-order valence-electron chi connectivity index (χ0n) is 20.3. The van der Waals surface area contributed by atoms with Crippen molar-refractivity contribution in [3.05, 3.63) is 83.0 Å². The molecule has 2 aromatic carbocycles. The maximum absolute atomic E-state index is 10.9. The first-order chi connectivity index (χ1) is 14.6. The fraction of sp³-hybridized carbons (Fsp3) is 0.448. The summed E-state index contributed by atoms with van der Waals surface area (Å²) in [7, 11) is 0. The molecule has 2 heteroatoms. The van der Waals surface area contributed by atoms with Gasteiger partial charge in [0.25, 0.3) is 0 Å². The molecular formula is C29H40O2. The molecule has 168 valence electrons. The number of aromatic hydroxyl groups is 2. The van der Waals surface area contributed by atoms with Crippen LogP contribution >= 0.6 is 0 Å². The molecule has 0 aliphatic heterocycles. The molecule has 0 fully saturated rings. The molecule has 0 bridgehead atoms. The van der Waals surface area contributed by atoms with Crippen LogP contribution in [-0.4, -0.2) is 10.2 Å². The Bertz CT molecular complexity index is 861. The Morgan fingerprint density at radius 2 is 1.13 bits per heavy atom. The largest absolute Gasteiger partial charge is 0.507 e. The highest BCUT2D eigenvalue weighted by Crippen LogP contribution is 2.42. The van der Waals surface area contributed by atoms with Crippen LogP contribution in [0.25, 0.3) is 0 Å². The second-order valence-electron chi connectivity index (χ2n) is 9.38. The molecule has 0 saturated carbocycles. The molecule has 0 aliphatic carbocycles. The molecule has 0 spiro atoms. The van der Waals surface area contributed by atoms with Gasteiger partial charge in [0.15, 0.2) is 0 Å². The summed E-state index contributed by atoms with van der Waals surface area (Å²) in [5.74, 6) is 1.33. The predicted octanol–water partition coefficient (Wildman–Crippen LogP) is 7.91. The summed E-state index contributed by atoms with van der Waals surface area (Å²) in [6.07, 6.45) is 6.88. The molecule has 2 nitrogen and oxygen atoms in total. The summed E-state index contributed by atoms with van der Waals surface area (Å²) in [4.78, 5) is 0. The van der Waals surface area contributed by atoms with Crippen LogP contribution in [-0.2, 0) is 18.3 Å². The van der Waals surface area contributed by atoms with Crippen LogP contribution in [0.5, 0.6) is 11.5 Å². The number of rotatable bonds is 10. The first-order valence-electron chi connectivity index (χ1n) is 11.6. The van der Waals surface area contributed by atoms with E-state index >= 15 is 0 Å². The number of phenols is 2. The zero-order chi connectivity index (χ0) is 23.3. The number of benzene rings is 2. The van der Waals surface area contributed by atoms with Gasteiger partial charge in [-0.05, 0) is 70.9 Å². The van der Waals surface area contributed by atoms with Gasteiger partial charge in [0.05, 0.1) is 0 Å². The summed E-state index contributed by atoms with van der Waals surface area (Å²) in [5, 5.41) is 21.8. The van der Waals surface area contributed by atoms with E-state index in [9.17, 15) is 10.2 Å². The number of hydrogen-bond acceptors (Lipinski definition) is 2. The van der Waals surface area contributed by atoms with Gasteiger partial charge >= 0.3 is 0 Å². The molecule has 0 aromatic heterocycles. The van der Waals surface area contributed by atoms with Gasteiger partial charge in [0.1, 0.15) is 11.5 Å². The number of allylic oxidation sites excluding steroid dienone is 2. The summed E-state index contributed by atoms with van der Waals surface area (Å²) in [6, 6.07) is 8.57. The van der Waals surface area contributed by atoms with Gasteiger partial charge in [-0.25, -0.2) is 0 Å². The molecule has 0 amide bonds. The lowest BCUT2D eigenvalue weighted by Gasteiger charge is -2.30. The monoisotopic (exact) mass is 420 g/mol. The maximum Gasteiger partial charge on any atom is 0.122 e. The summed E-state index contributed by atoms with van der Waals surface area (Å²) in [6.45, 7) is 20.8. The zero-order valence-corrected chi connectivity index (χ0v) is 20.3. The van der Waals surface area contributed by atoms with Crippen molar-refractivity contribution in [1.82, 2.24) is 0 Å². The lowest BCUT2D eigenvalue weighted by Crippen LogP contribution is -2.21. The third kappa shape index (κ3) is 5.06. The molecular weight excluding hydrogens is 380 g/mol. The minimum absolute atomic E-state index is 0.270. The van der Waals surface area contributed by atoms with Crippen molar-refractivity contribution in [2.45, 2.75) is 84.5 Å². The molecule has 0 aliphatic rings. The smallest absolute Gasteiger partial charge is 0.122 e. The number of hydrogen-bond donors (Lipinski definition) is 2. The van der Waals surface area contributed by atoms with Crippen LogP contribution in [0.2, 0.25) is 0 Å². The summed E-state index contributed by atoms with van der Waals surface area (Å²) in [5.41, 5.74) is 5.88. The van der Waals surface area contributed by atoms with E-state index in [4.69, 9.17) is 0 Å². The highest BCUT2D eigenvalue weighted by molar-refractivity contribution is 5.54. The van der Waals surface area contributed by atoms with Crippen molar-refractivity contribution < 1.29 is 10.2 Å². The van der Waals surface area contributed by atoms with Crippen LogP contribution in [0.4, 0.5) is 0 Å². The summed E-state index contributed by atoms with van der Waals surface area (Å²) >= 11 is 0. The third-order valence-electron chi connectivity index (χ3n) is 6.90. The second-order valence-corrected chi connectivity index (χ2v) is 9.38. The normalized spacial score (nSPS) is 13.6. The minimum atomic E-state index is -0.294. The van der Waals surface area contributed by atoms with Gasteiger partial charge < -0.3 is 10.2 Å². The molecule has 2 N–H and O–H groups in total. The first kappa shape index (κ1) is 24.8. The van der Waals surface area contributed by atoms with Gasteiger partial charge in [0, 0.05) is 5.41 Å². The van der Waals surface area contributed by atoms with Gasteiger partial charge in [0.2, 0.25) is 0 Å². The van der Waals surface area contributed by atoms with E-state index < -0.39 is 0 Å². The third-order valence-corrected chi connectivity index (χ3v) is 6.90. The molecule has 0 radical (unpaired) electrons. The Hall–Kier alpha value is -2.48. The van der Waals surface area contributed by atoms with Crippen LogP contribution in [0, 0.1) is 0 Å². The van der Waals surface area contributed by atoms with Crippen molar-refractivity contribution in [2.75, 3.05) is 0 Å². The fourth-order valence-electron chi connectivity index (χ4n) is 4.14. The lowest BCUT2D eigenvalue weighted by molar-refractivity contribution is 0.454. The van der Waals surface area contributed by atoms with Crippen LogP contribution in [0.15, 0.2) is 49.6 Å². The van der Waals surface area contributed by atoms with E-state index in [1.807, 2.05) is 12.2 Å². The predicted molar refractivity (Wildman–Crippen MR) is 134 cm³/mol. The van der Waals surface area contributed by atoms with Crippen molar-refractivity contribution in [3.63, 3.8) is 0 Å². The average molecular weight is 421 g/mol. The Morgan fingerprint density at radius 1 is 0.774 bits per heavy atom. The average Bonchev–Trinajstić information content (AvgIpc) is 2.75. The standard InChI is InChI=1S/C29H40O2/c1-9-13-21-15-23(17-25(27(21)30)19(5)11-3)29(7,8)24-16-22(14-10-2)28(31)26(18-24)20(6)12-4/h9-10,15-20,30-31H,1-2,11-14H2,3-8H3. The Kier molecular flexibility index (Phi) is 8.17. The van der Waals surface area contributed by atoms with E-state index in [0.717, 1.165) is 35.1 Å². The quantitative estimate of drug-likeness (QED) is 0.383. The van der Waals surface area contributed by atoms with Crippen molar-refractivity contribution in [2.24, 2.45) is 0 Å². The maximum atomic E-state index is 10.9. The van der Waals surface area contributed by atoms with Crippen molar-refractivity contribution >= 4 is 0 Å². The van der Waals surface area contributed by atoms with Gasteiger partial charge in [-0.15, -0.1) is 13.2 Å². The summed E-state index contributed by atoms with van der Waals surface area (Å²) < 4.78 is 0. The first-order valence-corrected chi connectivity index (χ1v) is 11.6. The van der Waals surface area contributed by atoms with Crippen molar-refractivity contribution in [3.8, 4) is 11.5 Å². The van der Waals surface area contributed by atoms with E-state index in [1.54, 1.807) is 0 Å². The molecule has 0 saturated heterocycles. The van der Waals surface area contributed by atoms with Crippen molar-refractivity contribution in [1.29, 1.82) is 0 Å². The van der Waals surface area contributed by atoms with Crippen LogP contribution < -0.4 is 0 Å². The minimum Gasteiger partial charge on any atom is -0.507 e. The van der Waals surface area contributed by atoms with Gasteiger partial charge in [-0.2, -0.15) is 0 Å². The van der Waals surface area contributed by atoms with E-state index in [0.29, 0.717) is 24.3 Å². The van der Waals surface area contributed by atoms with Crippen LogP contribution in [0.1, 0.15) is 99.6 Å². The topological polar surface area (TPSA) is 40.5 Å². The highest BCUT2D eigenvalue weighted by Gasteiger charge is 2.28. The molecule has 2 aromatic rings. The Balaban J connectivity index is 2.76. The molecule has 0 heterocycles. The Morgan fingerprint density at radius 3 is 1.42 bits per heavy atom. The van der Waals surface area contributed by atoms with Gasteiger partial charge in [-0.1, -0.05) is 78.0 Å². The van der Waals surface area contributed by atoms with E-state index in [2.05, 4.69) is 79.0 Å². The molecule has 2 atom stereocenters. The Labute approximate surface area is 189 Å². The van der Waals surface area contributed by atoms with E-state index in [-0.39, 0.29) is 17.3 Å². The number of phenolic OH excluding ortho intramolecular Hbond substituents is 2. The molecule has 31 heavy (non-hydrogen) atoms. The molecule has 2 rings (SSSR count).